The first-order valence-corrected chi connectivity index (χ1v) is 10.7. The Kier molecular flexibility index (Phi) is 5.23. The van der Waals surface area contributed by atoms with E-state index in [2.05, 4.69) is 23.2 Å². The summed E-state index contributed by atoms with van der Waals surface area (Å²) in [6, 6.07) is 18.5. The van der Waals surface area contributed by atoms with Crippen molar-refractivity contribution in [2.75, 3.05) is 6.54 Å². The van der Waals surface area contributed by atoms with Crippen LogP contribution in [0.25, 0.3) is 33.7 Å². The minimum atomic E-state index is -0.860. The molecular formula is C26H23FN2O3. The molecule has 0 unspecified atom stereocenters. The lowest BCUT2D eigenvalue weighted by Gasteiger charge is -2.21. The molecule has 0 aliphatic carbocycles. The first kappa shape index (κ1) is 20.4. The standard InChI is InChI=1S/C26H23FN2O3/c1-16-19(17-7-3-2-4-8-17)9-5-10-20(16)25-28-22-13-18(21(27)14-24(22)32-25)15-29-12-6-11-23(29)26(30)31/h2-5,7-10,13-14,23H,6,11-12,15H2,1H3,(H,30,31)/t23-/m0/s1. The van der Waals surface area contributed by atoms with Crippen molar-refractivity contribution in [3.8, 4) is 22.6 Å². The zero-order valence-electron chi connectivity index (χ0n) is 17.7. The van der Waals surface area contributed by atoms with Gasteiger partial charge in [0.1, 0.15) is 17.4 Å². The Morgan fingerprint density at radius 1 is 1.16 bits per heavy atom. The number of oxazole rings is 1. The van der Waals surface area contributed by atoms with E-state index in [-0.39, 0.29) is 6.54 Å². The number of carboxylic acids is 1. The van der Waals surface area contributed by atoms with Gasteiger partial charge in [-0.05, 0) is 55.1 Å². The highest BCUT2D eigenvalue weighted by atomic mass is 19.1. The van der Waals surface area contributed by atoms with E-state index in [1.165, 1.54) is 6.07 Å². The van der Waals surface area contributed by atoms with Crippen LogP contribution in [-0.2, 0) is 11.3 Å². The Morgan fingerprint density at radius 3 is 2.72 bits per heavy atom. The molecule has 2 heterocycles. The molecule has 0 spiro atoms. The number of carboxylic acid groups (broad SMARTS) is 1. The summed E-state index contributed by atoms with van der Waals surface area (Å²) < 4.78 is 20.7. The van der Waals surface area contributed by atoms with Gasteiger partial charge in [-0.1, -0.05) is 42.5 Å². The lowest BCUT2D eigenvalue weighted by Crippen LogP contribution is -2.35. The Labute approximate surface area is 185 Å². The smallest absolute Gasteiger partial charge is 0.320 e. The quantitative estimate of drug-likeness (QED) is 0.443. The molecule has 0 radical (unpaired) electrons. The van der Waals surface area contributed by atoms with Gasteiger partial charge in [-0.3, -0.25) is 9.69 Å². The van der Waals surface area contributed by atoms with Crippen LogP contribution in [0.15, 0.2) is 65.1 Å². The topological polar surface area (TPSA) is 66.6 Å². The summed E-state index contributed by atoms with van der Waals surface area (Å²) in [6.45, 7) is 2.91. The van der Waals surface area contributed by atoms with Crippen molar-refractivity contribution in [1.82, 2.24) is 9.88 Å². The van der Waals surface area contributed by atoms with Gasteiger partial charge in [-0.15, -0.1) is 0 Å². The second-order valence-corrected chi connectivity index (χ2v) is 8.24. The van der Waals surface area contributed by atoms with Crippen LogP contribution < -0.4 is 0 Å². The van der Waals surface area contributed by atoms with Gasteiger partial charge in [0.05, 0.1) is 0 Å². The van der Waals surface area contributed by atoms with Crippen LogP contribution in [0, 0.1) is 12.7 Å². The molecule has 4 aromatic rings. The van der Waals surface area contributed by atoms with Crippen molar-refractivity contribution in [1.29, 1.82) is 0 Å². The lowest BCUT2D eigenvalue weighted by atomic mass is 9.96. The maximum absolute atomic E-state index is 14.8. The van der Waals surface area contributed by atoms with Gasteiger partial charge in [0.25, 0.3) is 0 Å². The Bertz CT molecular complexity index is 1300. The van der Waals surface area contributed by atoms with Crippen LogP contribution in [0.4, 0.5) is 4.39 Å². The molecule has 1 aliphatic heterocycles. The summed E-state index contributed by atoms with van der Waals surface area (Å²) in [4.78, 5) is 17.9. The molecule has 1 aliphatic rings. The van der Waals surface area contributed by atoms with Crippen molar-refractivity contribution in [3.05, 3.63) is 77.6 Å². The molecule has 5 nitrogen and oxygen atoms in total. The van der Waals surface area contributed by atoms with Crippen molar-refractivity contribution in [3.63, 3.8) is 0 Å². The molecule has 0 saturated carbocycles. The van der Waals surface area contributed by atoms with Crippen LogP contribution >= 0.6 is 0 Å². The number of halogens is 1. The minimum Gasteiger partial charge on any atom is -0.480 e. The summed E-state index contributed by atoms with van der Waals surface area (Å²) in [6.07, 6.45) is 1.39. The molecule has 1 aromatic heterocycles. The van der Waals surface area contributed by atoms with Gasteiger partial charge in [-0.2, -0.15) is 0 Å². The number of likely N-dealkylation sites (tertiary alicyclic amines) is 1. The highest BCUT2D eigenvalue weighted by Crippen LogP contribution is 2.34. The number of carbonyl (C=O) groups is 1. The molecule has 3 aromatic carbocycles. The largest absolute Gasteiger partial charge is 0.480 e. The molecule has 0 bridgehead atoms. The van der Waals surface area contributed by atoms with Crippen molar-refractivity contribution in [2.24, 2.45) is 0 Å². The molecule has 6 heteroatoms. The van der Waals surface area contributed by atoms with Gasteiger partial charge < -0.3 is 9.52 Å². The van der Waals surface area contributed by atoms with E-state index in [0.717, 1.165) is 28.7 Å². The number of aromatic nitrogens is 1. The van der Waals surface area contributed by atoms with Crippen LogP contribution in [-0.4, -0.2) is 33.5 Å². The maximum Gasteiger partial charge on any atom is 0.320 e. The zero-order valence-corrected chi connectivity index (χ0v) is 17.7. The van der Waals surface area contributed by atoms with Crippen LogP contribution in [0.1, 0.15) is 24.0 Å². The summed E-state index contributed by atoms with van der Waals surface area (Å²) in [5.41, 5.74) is 5.46. The fourth-order valence-corrected chi connectivity index (χ4v) is 4.54. The van der Waals surface area contributed by atoms with E-state index >= 15 is 0 Å². The molecule has 1 N–H and O–H groups in total. The number of benzene rings is 3. The van der Waals surface area contributed by atoms with Crippen molar-refractivity contribution in [2.45, 2.75) is 32.4 Å². The van der Waals surface area contributed by atoms with E-state index in [0.29, 0.717) is 35.5 Å². The summed E-state index contributed by atoms with van der Waals surface area (Å²) in [5, 5.41) is 9.40. The van der Waals surface area contributed by atoms with Crippen LogP contribution in [0.5, 0.6) is 0 Å². The zero-order chi connectivity index (χ0) is 22.2. The maximum atomic E-state index is 14.8. The van der Waals surface area contributed by atoms with Crippen LogP contribution in [0.2, 0.25) is 0 Å². The van der Waals surface area contributed by atoms with E-state index in [9.17, 15) is 14.3 Å². The molecule has 0 amide bonds. The van der Waals surface area contributed by atoms with Gasteiger partial charge in [0.15, 0.2) is 5.58 Å². The molecule has 32 heavy (non-hydrogen) atoms. The summed E-state index contributed by atoms with van der Waals surface area (Å²) in [5.74, 6) is -0.830. The second-order valence-electron chi connectivity index (χ2n) is 8.24. The SMILES string of the molecule is Cc1c(-c2ccccc2)cccc1-c1nc2cc(CN3CCC[C@H]3C(=O)O)c(F)cc2o1. The van der Waals surface area contributed by atoms with Gasteiger partial charge in [0, 0.05) is 23.7 Å². The fraction of sp³-hybridized carbons (Fsp3) is 0.231. The molecule has 1 atom stereocenters. The van der Waals surface area contributed by atoms with Crippen molar-refractivity contribution >= 4 is 17.1 Å². The molecule has 162 valence electrons. The number of fused-ring (bicyclic) bond motifs is 1. The second kappa shape index (κ2) is 8.20. The molecular weight excluding hydrogens is 407 g/mol. The predicted octanol–water partition coefficient (Wildman–Crippen LogP) is 5.66. The van der Waals surface area contributed by atoms with E-state index in [1.807, 2.05) is 37.3 Å². The average Bonchev–Trinajstić information content (AvgIpc) is 3.41. The molecule has 1 fully saturated rings. The summed E-state index contributed by atoms with van der Waals surface area (Å²) >= 11 is 0. The lowest BCUT2D eigenvalue weighted by molar-refractivity contribution is -0.142. The highest BCUT2D eigenvalue weighted by molar-refractivity contribution is 5.80. The normalized spacial score (nSPS) is 16.6. The molecule has 1 saturated heterocycles. The van der Waals surface area contributed by atoms with Gasteiger partial charge >= 0.3 is 5.97 Å². The number of hydrogen-bond donors (Lipinski definition) is 1. The van der Waals surface area contributed by atoms with Crippen LogP contribution in [0.3, 0.4) is 0 Å². The summed E-state index contributed by atoms with van der Waals surface area (Å²) in [7, 11) is 0. The Morgan fingerprint density at radius 2 is 1.94 bits per heavy atom. The Balaban J connectivity index is 1.50. The van der Waals surface area contributed by atoms with Gasteiger partial charge in [0.2, 0.25) is 5.89 Å². The fourth-order valence-electron chi connectivity index (χ4n) is 4.54. The number of nitrogens with zero attached hydrogens (tertiary/aromatic N) is 2. The first-order chi connectivity index (χ1) is 15.5. The predicted molar refractivity (Wildman–Crippen MR) is 121 cm³/mol. The minimum absolute atomic E-state index is 0.240. The number of aliphatic carboxylic acids is 1. The molecule has 5 rings (SSSR count). The van der Waals surface area contributed by atoms with E-state index in [4.69, 9.17) is 4.42 Å². The number of rotatable bonds is 5. The highest BCUT2D eigenvalue weighted by Gasteiger charge is 2.31. The van der Waals surface area contributed by atoms with Gasteiger partial charge in [-0.25, -0.2) is 9.37 Å². The van der Waals surface area contributed by atoms with E-state index < -0.39 is 17.8 Å². The third-order valence-electron chi connectivity index (χ3n) is 6.23. The Hall–Kier alpha value is -3.51. The van der Waals surface area contributed by atoms with E-state index in [1.54, 1.807) is 11.0 Å². The number of hydrogen-bond acceptors (Lipinski definition) is 4. The third kappa shape index (κ3) is 3.67. The monoisotopic (exact) mass is 430 g/mol. The third-order valence-corrected chi connectivity index (χ3v) is 6.23. The van der Waals surface area contributed by atoms with Crippen molar-refractivity contribution < 1.29 is 18.7 Å². The first-order valence-electron chi connectivity index (χ1n) is 10.7. The average molecular weight is 430 g/mol.